The molecule has 2 aromatic heterocycles. The van der Waals surface area contributed by atoms with Crippen molar-refractivity contribution < 1.29 is 48.2 Å². The third-order valence-corrected chi connectivity index (χ3v) is 5.55. The maximum absolute atomic E-state index is 11.1. The molecule has 0 atom stereocenters. The van der Waals surface area contributed by atoms with Crippen molar-refractivity contribution in [2.24, 2.45) is 0 Å². The Morgan fingerprint density at radius 1 is 0.605 bits per heavy atom. The number of methoxy groups -OCH3 is 4. The van der Waals surface area contributed by atoms with Gasteiger partial charge in [0, 0.05) is 0 Å². The van der Waals surface area contributed by atoms with Crippen LogP contribution in [0, 0.1) is 0 Å². The number of nitrogens with zero attached hydrogens (tertiary/aromatic N) is 4. The fourth-order valence-electron chi connectivity index (χ4n) is 3.05. The predicted molar refractivity (Wildman–Crippen MR) is 148 cm³/mol. The van der Waals surface area contributed by atoms with Gasteiger partial charge in [0.05, 0.1) is 73.7 Å². The minimum Gasteiger partial charge on any atom is -0.545 e. The number of carbonyl (C=O) groups excluding carboxylic acids is 2. The first kappa shape index (κ1) is 35.4. The van der Waals surface area contributed by atoms with Crippen molar-refractivity contribution in [2.75, 3.05) is 28.4 Å². The van der Waals surface area contributed by atoms with E-state index in [1.165, 1.54) is 77.0 Å². The molecule has 0 spiro atoms. The number of rotatable bonds is 10. The van der Waals surface area contributed by atoms with E-state index < -0.39 is 11.9 Å². The van der Waals surface area contributed by atoms with Gasteiger partial charge in [0.15, 0.2) is 0 Å². The number of hydrogen-bond donors (Lipinski definition) is 0. The van der Waals surface area contributed by atoms with Crippen molar-refractivity contribution in [3.8, 4) is 47.0 Å². The molecule has 14 nitrogen and oxygen atoms in total. The van der Waals surface area contributed by atoms with E-state index in [2.05, 4.69) is 19.9 Å². The van der Waals surface area contributed by atoms with Crippen LogP contribution in [0.3, 0.4) is 0 Å². The average molecular weight is 659 g/mol. The topological polar surface area (TPSA) is 187 Å². The normalized spacial score (nSPS) is 9.81. The van der Waals surface area contributed by atoms with Gasteiger partial charge in [-0.2, -0.15) is 19.9 Å². The number of carboxylic acids is 2. The first-order chi connectivity index (χ1) is 20.1. The van der Waals surface area contributed by atoms with Crippen LogP contribution in [0.25, 0.3) is 0 Å². The number of aromatic carboxylic acids is 2. The molecule has 4 rings (SSSR count). The minimum absolute atomic E-state index is 0. The standard InChI is InChI=1S/2C13H11ClN2O5.Ca/c2*1-19-9-6-10(20-2)16-13(15-9)21-8-5-3-4-7(14)11(8)12(17)18;/h2*3-6H,1-2H3,(H,17,18);/q;;+2/p-2. The molecule has 2 aromatic carbocycles. The summed E-state index contributed by atoms with van der Waals surface area (Å²) in [6, 6.07) is 11.3. The third kappa shape index (κ3) is 9.59. The Kier molecular flexibility index (Phi) is 13.8. The predicted octanol–water partition coefficient (Wildman–Crippen LogP) is 2.23. The summed E-state index contributed by atoms with van der Waals surface area (Å²) in [7, 11) is 5.66. The molecule has 43 heavy (non-hydrogen) atoms. The van der Waals surface area contributed by atoms with Crippen molar-refractivity contribution in [3.63, 3.8) is 0 Å². The van der Waals surface area contributed by atoms with Gasteiger partial charge in [-0.15, -0.1) is 0 Å². The van der Waals surface area contributed by atoms with Crippen molar-refractivity contribution >= 4 is 72.9 Å². The van der Waals surface area contributed by atoms with Crippen molar-refractivity contribution in [1.29, 1.82) is 0 Å². The second kappa shape index (κ2) is 16.7. The minimum atomic E-state index is -1.47. The second-order valence-electron chi connectivity index (χ2n) is 7.48. The Bertz CT molecular complexity index is 1430. The van der Waals surface area contributed by atoms with Crippen LogP contribution in [0.4, 0.5) is 0 Å². The Hall–Kier alpha value is -3.82. The van der Waals surface area contributed by atoms with E-state index in [0.717, 1.165) is 0 Å². The monoisotopic (exact) mass is 658 g/mol. The molecule has 0 fully saturated rings. The van der Waals surface area contributed by atoms with Gasteiger partial charge in [0.1, 0.15) is 11.5 Å². The fourth-order valence-corrected chi connectivity index (χ4v) is 3.53. The van der Waals surface area contributed by atoms with E-state index in [0.29, 0.717) is 0 Å². The molecular formula is C26H20CaCl2N4O10. The Balaban J connectivity index is 0.000000293. The van der Waals surface area contributed by atoms with Gasteiger partial charge in [-0.05, 0) is 24.3 Å². The number of halogens is 2. The molecule has 0 N–H and O–H groups in total. The maximum atomic E-state index is 11.1. The Morgan fingerprint density at radius 3 is 1.16 bits per heavy atom. The van der Waals surface area contributed by atoms with Crippen LogP contribution in [0.5, 0.6) is 47.0 Å². The van der Waals surface area contributed by atoms with E-state index in [1.54, 1.807) is 0 Å². The Morgan fingerprint density at radius 2 is 0.907 bits per heavy atom. The zero-order chi connectivity index (χ0) is 30.8. The molecule has 0 saturated carbocycles. The number of carbonyl (C=O) groups is 2. The molecule has 0 amide bonds. The van der Waals surface area contributed by atoms with Crippen LogP contribution in [0.2, 0.25) is 10.0 Å². The number of benzene rings is 2. The van der Waals surface area contributed by atoms with Gasteiger partial charge in [0.25, 0.3) is 0 Å². The molecule has 0 aliphatic heterocycles. The molecule has 2 heterocycles. The van der Waals surface area contributed by atoms with Crippen LogP contribution in [0.15, 0.2) is 48.5 Å². The SMILES string of the molecule is COc1cc(OC)nc(Oc2cccc(Cl)c2C(=O)[O-])n1.COc1cc(OC)nc(Oc2cccc(Cl)c2C(=O)[O-])n1.[Ca+2]. The van der Waals surface area contributed by atoms with E-state index >= 15 is 0 Å². The van der Waals surface area contributed by atoms with E-state index in [9.17, 15) is 19.8 Å². The molecule has 0 bridgehead atoms. The summed E-state index contributed by atoms with van der Waals surface area (Å²) in [5.41, 5.74) is -0.575. The van der Waals surface area contributed by atoms with E-state index in [1.807, 2.05) is 0 Å². The van der Waals surface area contributed by atoms with Crippen LogP contribution >= 0.6 is 23.2 Å². The number of aromatic nitrogens is 4. The summed E-state index contributed by atoms with van der Waals surface area (Å²) in [6.07, 6.45) is 0. The zero-order valence-corrected chi connectivity index (χ0v) is 26.7. The molecule has 220 valence electrons. The number of ether oxygens (including phenoxy) is 6. The summed E-state index contributed by atoms with van der Waals surface area (Å²) in [6.45, 7) is 0. The van der Waals surface area contributed by atoms with Crippen LogP contribution in [-0.2, 0) is 0 Å². The van der Waals surface area contributed by atoms with Gasteiger partial charge in [-0.25, -0.2) is 0 Å². The first-order valence-corrected chi connectivity index (χ1v) is 12.1. The summed E-state index contributed by atoms with van der Waals surface area (Å²) in [4.78, 5) is 38.0. The van der Waals surface area contributed by atoms with Crippen molar-refractivity contribution in [3.05, 3.63) is 69.7 Å². The molecular weight excluding hydrogens is 639 g/mol. The van der Waals surface area contributed by atoms with E-state index in [-0.39, 0.29) is 106 Å². The number of carboxylic acid groups (broad SMARTS) is 2. The maximum Gasteiger partial charge on any atom is 2.00 e. The summed E-state index contributed by atoms with van der Waals surface area (Å²) in [5.74, 6) is -2.21. The molecule has 0 aliphatic carbocycles. The summed E-state index contributed by atoms with van der Waals surface area (Å²) in [5, 5.41) is 22.2. The molecule has 0 saturated heterocycles. The summed E-state index contributed by atoms with van der Waals surface area (Å²) < 4.78 is 30.6. The van der Waals surface area contributed by atoms with Crippen molar-refractivity contribution in [2.45, 2.75) is 0 Å². The van der Waals surface area contributed by atoms with Gasteiger partial charge >= 0.3 is 49.8 Å². The zero-order valence-electron chi connectivity index (χ0n) is 23.0. The van der Waals surface area contributed by atoms with Crippen LogP contribution in [-0.4, -0.2) is 98.1 Å². The van der Waals surface area contributed by atoms with E-state index in [4.69, 9.17) is 51.6 Å². The average Bonchev–Trinajstić information content (AvgIpc) is 2.96. The fraction of sp³-hybridized carbons (Fsp3) is 0.154. The Labute approximate surface area is 284 Å². The second-order valence-corrected chi connectivity index (χ2v) is 8.29. The number of hydrogen-bond acceptors (Lipinski definition) is 14. The first-order valence-electron chi connectivity index (χ1n) is 11.4. The third-order valence-electron chi connectivity index (χ3n) is 4.92. The molecule has 0 aliphatic rings. The molecule has 0 unspecified atom stereocenters. The van der Waals surface area contributed by atoms with Crippen LogP contribution < -0.4 is 38.6 Å². The summed E-state index contributed by atoms with van der Waals surface area (Å²) >= 11 is 11.6. The van der Waals surface area contributed by atoms with Gasteiger partial charge < -0.3 is 48.2 Å². The van der Waals surface area contributed by atoms with Crippen molar-refractivity contribution in [1.82, 2.24) is 19.9 Å². The molecule has 0 radical (unpaired) electrons. The largest absolute Gasteiger partial charge is 2.00 e. The van der Waals surface area contributed by atoms with Crippen LogP contribution in [0.1, 0.15) is 20.7 Å². The molecule has 4 aromatic rings. The van der Waals surface area contributed by atoms with Gasteiger partial charge in [-0.3, -0.25) is 0 Å². The van der Waals surface area contributed by atoms with Gasteiger partial charge in [0.2, 0.25) is 23.5 Å². The smallest absolute Gasteiger partial charge is 0.545 e. The quantitative estimate of drug-likeness (QED) is 0.226. The van der Waals surface area contributed by atoms with Gasteiger partial charge in [-0.1, -0.05) is 35.3 Å². The molecule has 17 heteroatoms.